The third-order valence-electron chi connectivity index (χ3n) is 5.22. The van der Waals surface area contributed by atoms with Crippen LogP contribution in [0.2, 0.25) is 0 Å². The molecule has 0 atom stereocenters. The summed E-state index contributed by atoms with van der Waals surface area (Å²) in [5.41, 5.74) is 4.41. The zero-order chi connectivity index (χ0) is 19.7. The molecule has 4 rings (SSSR count). The Bertz CT molecular complexity index is 1170. The minimum Gasteiger partial charge on any atom is -0.314 e. The van der Waals surface area contributed by atoms with Gasteiger partial charge in [0.2, 0.25) is 0 Å². The number of nitrogens with zero attached hydrogens (tertiary/aromatic N) is 4. The summed E-state index contributed by atoms with van der Waals surface area (Å²) in [4.78, 5) is 21.0. The van der Waals surface area contributed by atoms with E-state index in [-0.39, 0.29) is 11.0 Å². The summed E-state index contributed by atoms with van der Waals surface area (Å²) >= 11 is 0. The Kier molecular flexibility index (Phi) is 4.55. The molecule has 0 bridgehead atoms. The number of hydrogen-bond acceptors (Lipinski definition) is 4. The molecule has 0 aliphatic rings. The molecule has 28 heavy (non-hydrogen) atoms. The molecule has 4 heterocycles. The number of hydrogen-bond donors (Lipinski definition) is 1. The Hall–Kier alpha value is -3.28. The number of pyridine rings is 3. The van der Waals surface area contributed by atoms with Crippen molar-refractivity contribution in [2.24, 2.45) is 5.41 Å². The van der Waals surface area contributed by atoms with E-state index in [4.69, 9.17) is 0 Å². The molecule has 0 amide bonds. The molecule has 0 spiro atoms. The van der Waals surface area contributed by atoms with E-state index in [1.54, 1.807) is 29.2 Å². The molecule has 142 valence electrons. The van der Waals surface area contributed by atoms with Crippen LogP contribution in [0, 0.1) is 5.41 Å². The van der Waals surface area contributed by atoms with Crippen molar-refractivity contribution >= 4 is 10.9 Å². The van der Waals surface area contributed by atoms with Crippen LogP contribution in [0.15, 0.2) is 59.9 Å². The molecule has 6 heteroatoms. The number of aromatic amines is 1. The SMILES string of the molecule is CCC(C)(C)Cn1cc(-c2n[nH]c3cnc(-c4cccnc4)cc23)ccc1=O. The van der Waals surface area contributed by atoms with E-state index in [0.717, 1.165) is 39.8 Å². The highest BCUT2D eigenvalue weighted by molar-refractivity contribution is 5.94. The fourth-order valence-electron chi connectivity index (χ4n) is 3.18. The van der Waals surface area contributed by atoms with Gasteiger partial charge in [-0.2, -0.15) is 5.10 Å². The molecule has 6 nitrogen and oxygen atoms in total. The average molecular weight is 373 g/mol. The van der Waals surface area contributed by atoms with Crippen LogP contribution in [0.1, 0.15) is 27.2 Å². The molecule has 0 saturated carbocycles. The van der Waals surface area contributed by atoms with Gasteiger partial charge in [-0.3, -0.25) is 19.9 Å². The molecule has 0 radical (unpaired) electrons. The van der Waals surface area contributed by atoms with Gasteiger partial charge in [0.1, 0.15) is 5.69 Å². The van der Waals surface area contributed by atoms with Gasteiger partial charge < -0.3 is 4.57 Å². The van der Waals surface area contributed by atoms with Crippen molar-refractivity contribution < 1.29 is 0 Å². The van der Waals surface area contributed by atoms with Crippen molar-refractivity contribution in [2.45, 2.75) is 33.7 Å². The van der Waals surface area contributed by atoms with Gasteiger partial charge in [0.15, 0.2) is 0 Å². The van der Waals surface area contributed by atoms with Crippen LogP contribution in [-0.2, 0) is 6.54 Å². The van der Waals surface area contributed by atoms with Crippen molar-refractivity contribution in [1.29, 1.82) is 0 Å². The van der Waals surface area contributed by atoms with Gasteiger partial charge in [0.05, 0.1) is 17.4 Å². The first-order chi connectivity index (χ1) is 13.5. The van der Waals surface area contributed by atoms with Crippen molar-refractivity contribution in [3.8, 4) is 22.5 Å². The van der Waals surface area contributed by atoms with Gasteiger partial charge in [-0.05, 0) is 36.1 Å². The first kappa shape index (κ1) is 18.1. The highest BCUT2D eigenvalue weighted by Gasteiger charge is 2.18. The van der Waals surface area contributed by atoms with E-state index in [9.17, 15) is 4.79 Å². The highest BCUT2D eigenvalue weighted by Crippen LogP contribution is 2.29. The lowest BCUT2D eigenvalue weighted by Crippen LogP contribution is -2.27. The Morgan fingerprint density at radius 2 is 2.00 bits per heavy atom. The summed E-state index contributed by atoms with van der Waals surface area (Å²) in [6.07, 6.45) is 8.21. The first-order valence-corrected chi connectivity index (χ1v) is 9.42. The van der Waals surface area contributed by atoms with Gasteiger partial charge in [-0.25, -0.2) is 0 Å². The maximum atomic E-state index is 12.4. The van der Waals surface area contributed by atoms with E-state index in [1.807, 2.05) is 30.5 Å². The molecule has 4 aromatic heterocycles. The normalized spacial score (nSPS) is 11.8. The number of nitrogens with one attached hydrogen (secondary N) is 1. The van der Waals surface area contributed by atoms with Crippen LogP contribution in [-0.4, -0.2) is 24.7 Å². The first-order valence-electron chi connectivity index (χ1n) is 9.42. The monoisotopic (exact) mass is 373 g/mol. The van der Waals surface area contributed by atoms with E-state index in [2.05, 4.69) is 40.9 Å². The van der Waals surface area contributed by atoms with Crippen molar-refractivity contribution in [2.75, 3.05) is 0 Å². The quantitative estimate of drug-likeness (QED) is 0.566. The summed E-state index contributed by atoms with van der Waals surface area (Å²) in [5, 5.41) is 8.50. The Balaban J connectivity index is 1.80. The highest BCUT2D eigenvalue weighted by atomic mass is 16.1. The largest absolute Gasteiger partial charge is 0.314 e. The molecule has 0 aromatic carbocycles. The molecule has 0 saturated heterocycles. The summed E-state index contributed by atoms with van der Waals surface area (Å²) in [5.74, 6) is 0. The zero-order valence-corrected chi connectivity index (χ0v) is 16.3. The van der Waals surface area contributed by atoms with Crippen LogP contribution in [0.5, 0.6) is 0 Å². The van der Waals surface area contributed by atoms with Gasteiger partial charge in [0.25, 0.3) is 5.56 Å². The summed E-state index contributed by atoms with van der Waals surface area (Å²) in [7, 11) is 0. The third kappa shape index (κ3) is 3.45. The van der Waals surface area contributed by atoms with Crippen molar-refractivity contribution in [3.05, 3.63) is 65.5 Å². The van der Waals surface area contributed by atoms with E-state index >= 15 is 0 Å². The lowest BCUT2D eigenvalue weighted by molar-refractivity contribution is 0.290. The summed E-state index contributed by atoms with van der Waals surface area (Å²) in [6.45, 7) is 7.15. The molecule has 1 N–H and O–H groups in total. The second-order valence-electron chi connectivity index (χ2n) is 7.83. The number of aromatic nitrogens is 5. The average Bonchev–Trinajstić information content (AvgIpc) is 3.13. The second-order valence-corrected chi connectivity index (χ2v) is 7.83. The molecule has 0 aliphatic heterocycles. The molecule has 0 unspecified atom stereocenters. The maximum absolute atomic E-state index is 12.4. The smallest absolute Gasteiger partial charge is 0.250 e. The van der Waals surface area contributed by atoms with E-state index in [1.165, 1.54) is 0 Å². The van der Waals surface area contributed by atoms with Crippen LogP contribution in [0.25, 0.3) is 33.4 Å². The van der Waals surface area contributed by atoms with Crippen LogP contribution < -0.4 is 5.56 Å². The fraction of sp³-hybridized carbons (Fsp3) is 0.273. The summed E-state index contributed by atoms with van der Waals surface area (Å²) in [6, 6.07) is 9.33. The molecular formula is C22H23N5O. The van der Waals surface area contributed by atoms with Crippen LogP contribution in [0.4, 0.5) is 0 Å². The third-order valence-corrected chi connectivity index (χ3v) is 5.22. The lowest BCUT2D eigenvalue weighted by Gasteiger charge is -2.23. The lowest BCUT2D eigenvalue weighted by atomic mass is 9.90. The second kappa shape index (κ2) is 7.03. The predicted octanol–water partition coefficient (Wildman–Crippen LogP) is 4.28. The minimum absolute atomic E-state index is 0.00262. The van der Waals surface area contributed by atoms with Gasteiger partial charge in [0, 0.05) is 47.7 Å². The number of rotatable bonds is 5. The van der Waals surface area contributed by atoms with Crippen LogP contribution >= 0.6 is 0 Å². The molecule has 0 aliphatic carbocycles. The Morgan fingerprint density at radius 1 is 1.14 bits per heavy atom. The van der Waals surface area contributed by atoms with Gasteiger partial charge >= 0.3 is 0 Å². The number of H-pyrrole nitrogens is 1. The van der Waals surface area contributed by atoms with Gasteiger partial charge in [-0.15, -0.1) is 0 Å². The maximum Gasteiger partial charge on any atom is 0.250 e. The molecule has 0 fully saturated rings. The molecular weight excluding hydrogens is 350 g/mol. The molecule has 4 aromatic rings. The Labute approximate surface area is 163 Å². The Morgan fingerprint density at radius 3 is 2.75 bits per heavy atom. The zero-order valence-electron chi connectivity index (χ0n) is 16.3. The summed E-state index contributed by atoms with van der Waals surface area (Å²) < 4.78 is 1.78. The van der Waals surface area contributed by atoms with Crippen LogP contribution in [0.3, 0.4) is 0 Å². The minimum atomic E-state index is 0.00262. The standard InChI is InChI=1S/C22H23N5O/c1-4-22(2,3)14-27-13-16(7-8-20(27)28)21-17-10-18(15-6-5-9-23-11-15)24-12-19(17)25-26-21/h5-13H,4,14H2,1-3H3,(H,25,26). The van der Waals surface area contributed by atoms with E-state index in [0.29, 0.717) is 6.54 Å². The van der Waals surface area contributed by atoms with Gasteiger partial charge in [-0.1, -0.05) is 20.8 Å². The number of fused-ring (bicyclic) bond motifs is 1. The van der Waals surface area contributed by atoms with E-state index < -0.39 is 0 Å². The van der Waals surface area contributed by atoms with Crippen molar-refractivity contribution in [1.82, 2.24) is 24.7 Å². The topological polar surface area (TPSA) is 76.5 Å². The predicted molar refractivity (Wildman–Crippen MR) is 111 cm³/mol. The van der Waals surface area contributed by atoms with Crippen molar-refractivity contribution in [3.63, 3.8) is 0 Å². The fourth-order valence-corrected chi connectivity index (χ4v) is 3.18.